The van der Waals surface area contributed by atoms with Crippen LogP contribution in [0.15, 0.2) is 144 Å². The lowest BCUT2D eigenvalue weighted by atomic mass is 9.96. The molecule has 0 radical (unpaired) electrons. The molecule has 0 saturated carbocycles. The van der Waals surface area contributed by atoms with E-state index in [1.165, 1.54) is 0 Å². The van der Waals surface area contributed by atoms with Gasteiger partial charge in [0, 0.05) is 49.0 Å². The van der Waals surface area contributed by atoms with E-state index in [2.05, 4.69) is 72.8 Å². The molecule has 3 heterocycles. The van der Waals surface area contributed by atoms with Crippen LogP contribution in [-0.4, -0.2) is 15.0 Å². The van der Waals surface area contributed by atoms with Gasteiger partial charge in [0.25, 0.3) is 0 Å². The molecule has 0 aliphatic heterocycles. The molecule has 0 saturated heterocycles. The van der Waals surface area contributed by atoms with Crippen LogP contribution in [0.2, 0.25) is 0 Å². The van der Waals surface area contributed by atoms with E-state index >= 15 is 0 Å². The van der Waals surface area contributed by atoms with E-state index in [0.717, 1.165) is 88.4 Å². The first kappa shape index (κ1) is 23.8. The Morgan fingerprint density at radius 2 is 0.953 bits per heavy atom. The van der Waals surface area contributed by atoms with Crippen molar-refractivity contribution >= 4 is 54.5 Å². The summed E-state index contributed by atoms with van der Waals surface area (Å²) in [6, 6.07) is 47.8. The van der Waals surface area contributed by atoms with Crippen LogP contribution in [0.4, 0.5) is 0 Å². The van der Waals surface area contributed by atoms with Crippen LogP contribution >= 0.6 is 0 Å². The highest BCUT2D eigenvalue weighted by atomic mass is 16.3. The van der Waals surface area contributed by atoms with Gasteiger partial charge in [0.1, 0.15) is 11.2 Å². The second-order valence-corrected chi connectivity index (χ2v) is 10.8. The lowest BCUT2D eigenvalue weighted by Gasteiger charge is -2.12. The molecule has 4 heteroatoms. The molecule has 43 heavy (non-hydrogen) atoms. The monoisotopic (exact) mass is 549 g/mol. The molecular formula is C39H23N3O. The Kier molecular flexibility index (Phi) is 5.16. The maximum atomic E-state index is 6.49. The quantitative estimate of drug-likeness (QED) is 0.206. The normalized spacial score (nSPS) is 11.7. The average Bonchev–Trinajstić information content (AvgIpc) is 3.47. The molecule has 3 aromatic heterocycles. The van der Waals surface area contributed by atoms with Crippen LogP contribution in [0.3, 0.4) is 0 Å². The lowest BCUT2D eigenvalue weighted by Crippen LogP contribution is -1.95. The van der Waals surface area contributed by atoms with Crippen molar-refractivity contribution in [1.29, 1.82) is 0 Å². The number of nitrogens with zero attached hydrogens (tertiary/aromatic N) is 3. The third-order valence-electron chi connectivity index (χ3n) is 8.27. The minimum atomic E-state index is 0.718. The molecule has 4 nitrogen and oxygen atoms in total. The summed E-state index contributed by atoms with van der Waals surface area (Å²) in [7, 11) is 0. The second kappa shape index (κ2) is 9.33. The first-order valence-electron chi connectivity index (χ1n) is 14.4. The zero-order chi connectivity index (χ0) is 28.3. The van der Waals surface area contributed by atoms with Crippen molar-refractivity contribution in [1.82, 2.24) is 15.0 Å². The molecule has 9 rings (SSSR count). The van der Waals surface area contributed by atoms with Gasteiger partial charge in [0.05, 0.1) is 22.4 Å². The smallest absolute Gasteiger partial charge is 0.160 e. The van der Waals surface area contributed by atoms with Crippen LogP contribution in [-0.2, 0) is 0 Å². The Bertz CT molecular complexity index is 2500. The summed E-state index contributed by atoms with van der Waals surface area (Å²) in [5, 5.41) is 6.51. The van der Waals surface area contributed by atoms with E-state index < -0.39 is 0 Å². The second-order valence-electron chi connectivity index (χ2n) is 10.8. The van der Waals surface area contributed by atoms with Crippen LogP contribution in [0.5, 0.6) is 0 Å². The van der Waals surface area contributed by atoms with Crippen molar-refractivity contribution in [2.45, 2.75) is 0 Å². The molecule has 6 aromatic carbocycles. The van der Waals surface area contributed by atoms with E-state index in [0.29, 0.717) is 0 Å². The Labute approximate surface area is 246 Å². The fourth-order valence-corrected chi connectivity index (χ4v) is 6.24. The van der Waals surface area contributed by atoms with Gasteiger partial charge in [0.2, 0.25) is 0 Å². The van der Waals surface area contributed by atoms with Gasteiger partial charge in [-0.15, -0.1) is 0 Å². The van der Waals surface area contributed by atoms with Gasteiger partial charge in [-0.1, -0.05) is 115 Å². The van der Waals surface area contributed by atoms with Gasteiger partial charge in [-0.25, -0.2) is 15.0 Å². The summed E-state index contributed by atoms with van der Waals surface area (Å²) in [4.78, 5) is 15.1. The highest BCUT2D eigenvalue weighted by Gasteiger charge is 2.18. The number of hydrogen-bond donors (Lipinski definition) is 0. The molecule has 0 atom stereocenters. The van der Waals surface area contributed by atoms with E-state index in [-0.39, 0.29) is 0 Å². The van der Waals surface area contributed by atoms with Crippen molar-refractivity contribution in [3.63, 3.8) is 0 Å². The van der Waals surface area contributed by atoms with Crippen molar-refractivity contribution in [3.8, 4) is 33.9 Å². The van der Waals surface area contributed by atoms with Crippen molar-refractivity contribution in [2.24, 2.45) is 0 Å². The molecular weight excluding hydrogens is 526 g/mol. The maximum absolute atomic E-state index is 6.49. The summed E-state index contributed by atoms with van der Waals surface area (Å²) in [5.74, 6) is 0.718. The number of aromatic nitrogens is 3. The Morgan fingerprint density at radius 3 is 1.72 bits per heavy atom. The van der Waals surface area contributed by atoms with Gasteiger partial charge in [-0.3, -0.25) is 0 Å². The third kappa shape index (κ3) is 3.74. The summed E-state index contributed by atoms with van der Waals surface area (Å²) in [5.41, 5.74) is 8.57. The molecule has 0 unspecified atom stereocenters. The zero-order valence-electron chi connectivity index (χ0n) is 23.0. The third-order valence-corrected chi connectivity index (χ3v) is 8.27. The number of rotatable bonds is 3. The first-order valence-corrected chi connectivity index (χ1v) is 14.4. The van der Waals surface area contributed by atoms with Crippen molar-refractivity contribution < 1.29 is 4.42 Å². The number of pyridine rings is 1. The highest BCUT2D eigenvalue weighted by Crippen LogP contribution is 2.41. The number of para-hydroxylation sites is 3. The Morgan fingerprint density at radius 1 is 0.372 bits per heavy atom. The van der Waals surface area contributed by atoms with E-state index in [1.54, 1.807) is 0 Å². The number of fused-ring (bicyclic) bond motifs is 8. The first-order chi connectivity index (χ1) is 21.3. The number of furan rings is 1. The molecule has 0 spiro atoms. The maximum Gasteiger partial charge on any atom is 0.160 e. The van der Waals surface area contributed by atoms with E-state index in [4.69, 9.17) is 19.4 Å². The SMILES string of the molecule is c1ccc(-c2nc(-c3ccc(-c4nc5ccccc5c5c4ccc4c6ccccc6oc45)cc3)c3ccccc3n2)cc1. The van der Waals surface area contributed by atoms with E-state index in [9.17, 15) is 0 Å². The van der Waals surface area contributed by atoms with Crippen LogP contribution in [0.1, 0.15) is 0 Å². The Hall–Kier alpha value is -5.87. The molecule has 9 aromatic rings. The summed E-state index contributed by atoms with van der Waals surface area (Å²) >= 11 is 0. The van der Waals surface area contributed by atoms with Gasteiger partial charge in [-0.05, 0) is 24.3 Å². The topological polar surface area (TPSA) is 51.8 Å². The fourth-order valence-electron chi connectivity index (χ4n) is 6.24. The fraction of sp³-hybridized carbons (Fsp3) is 0. The molecule has 0 aliphatic rings. The molecule has 0 N–H and O–H groups in total. The van der Waals surface area contributed by atoms with Crippen LogP contribution in [0, 0.1) is 0 Å². The van der Waals surface area contributed by atoms with Crippen LogP contribution in [0.25, 0.3) is 88.4 Å². The molecule has 0 amide bonds. The summed E-state index contributed by atoms with van der Waals surface area (Å²) in [6.07, 6.45) is 0. The molecule has 0 fully saturated rings. The summed E-state index contributed by atoms with van der Waals surface area (Å²) in [6.45, 7) is 0. The Balaban J connectivity index is 1.25. The highest BCUT2D eigenvalue weighted by molar-refractivity contribution is 6.24. The predicted molar refractivity (Wildman–Crippen MR) is 176 cm³/mol. The summed E-state index contributed by atoms with van der Waals surface area (Å²) < 4.78 is 6.49. The van der Waals surface area contributed by atoms with Gasteiger partial charge < -0.3 is 4.42 Å². The molecule has 0 aliphatic carbocycles. The van der Waals surface area contributed by atoms with Crippen LogP contribution < -0.4 is 0 Å². The predicted octanol–water partition coefficient (Wildman–Crippen LogP) is 10.2. The van der Waals surface area contributed by atoms with E-state index in [1.807, 2.05) is 66.7 Å². The minimum Gasteiger partial charge on any atom is -0.455 e. The van der Waals surface area contributed by atoms with Gasteiger partial charge >= 0.3 is 0 Å². The van der Waals surface area contributed by atoms with Crippen molar-refractivity contribution in [3.05, 3.63) is 140 Å². The van der Waals surface area contributed by atoms with Gasteiger partial charge in [-0.2, -0.15) is 0 Å². The lowest BCUT2D eigenvalue weighted by molar-refractivity contribution is 0.673. The zero-order valence-corrected chi connectivity index (χ0v) is 23.0. The standard InChI is InChI=1S/C39H23N3O/c1-2-10-26(11-3-1)39-41-33-16-8-5-14-30(33)36(42-39)24-18-20-25(21-19-24)37-31-23-22-28-27-12-6-9-17-34(27)43-38(28)35(31)29-13-4-7-15-32(29)40-37/h1-23H. The average molecular weight is 550 g/mol. The van der Waals surface area contributed by atoms with Crippen molar-refractivity contribution in [2.75, 3.05) is 0 Å². The minimum absolute atomic E-state index is 0.718. The molecule has 200 valence electrons. The largest absolute Gasteiger partial charge is 0.455 e. The molecule has 0 bridgehead atoms. The number of hydrogen-bond acceptors (Lipinski definition) is 4. The number of benzene rings is 6. The van der Waals surface area contributed by atoms with Gasteiger partial charge in [0.15, 0.2) is 5.82 Å².